The summed E-state index contributed by atoms with van der Waals surface area (Å²) in [6, 6.07) is 10.5. The first-order chi connectivity index (χ1) is 6.34. The first-order valence-corrected chi connectivity index (χ1v) is 4.73. The average Bonchev–Trinajstić information content (AvgIpc) is 2.62. The minimum absolute atomic E-state index is 0.249. The smallest absolute Gasteiger partial charge is 0.180 e. The van der Waals surface area contributed by atoms with Crippen LogP contribution in [0.15, 0.2) is 41.8 Å². The lowest BCUT2D eigenvalue weighted by Gasteiger charge is -2.01. The Hall–Kier alpha value is -1.48. The highest BCUT2D eigenvalue weighted by atomic mass is 32.1. The summed E-state index contributed by atoms with van der Waals surface area (Å²) in [5.74, 6) is 0.985. The Morgan fingerprint density at radius 3 is 2.46 bits per heavy atom. The average molecular weight is 192 g/mol. The molecular formula is C10H8O2S. The van der Waals surface area contributed by atoms with Crippen molar-refractivity contribution in [2.24, 2.45) is 0 Å². The van der Waals surface area contributed by atoms with Crippen LogP contribution in [0.25, 0.3) is 0 Å². The molecule has 2 nitrogen and oxygen atoms in total. The number of phenols is 1. The van der Waals surface area contributed by atoms with Gasteiger partial charge in [0.2, 0.25) is 0 Å². The van der Waals surface area contributed by atoms with Gasteiger partial charge in [0.1, 0.15) is 11.5 Å². The predicted molar refractivity (Wildman–Crippen MR) is 52.5 cm³/mol. The van der Waals surface area contributed by atoms with Gasteiger partial charge in [-0.3, -0.25) is 0 Å². The quantitative estimate of drug-likeness (QED) is 0.791. The van der Waals surface area contributed by atoms with Crippen LogP contribution in [0.4, 0.5) is 0 Å². The fourth-order valence-corrected chi connectivity index (χ4v) is 1.54. The van der Waals surface area contributed by atoms with Crippen LogP contribution in [-0.2, 0) is 0 Å². The highest BCUT2D eigenvalue weighted by Gasteiger charge is 1.96. The molecule has 0 atom stereocenters. The molecule has 2 rings (SSSR count). The first-order valence-electron chi connectivity index (χ1n) is 3.85. The predicted octanol–water partition coefficient (Wildman–Crippen LogP) is 3.25. The van der Waals surface area contributed by atoms with Crippen molar-refractivity contribution in [1.29, 1.82) is 0 Å². The minimum atomic E-state index is 0.249. The zero-order valence-corrected chi connectivity index (χ0v) is 7.62. The Balaban J connectivity index is 2.15. The van der Waals surface area contributed by atoms with Crippen molar-refractivity contribution in [3.8, 4) is 16.6 Å². The van der Waals surface area contributed by atoms with Gasteiger partial charge in [0.25, 0.3) is 0 Å². The molecular weight excluding hydrogens is 184 g/mol. The van der Waals surface area contributed by atoms with Crippen molar-refractivity contribution in [1.82, 2.24) is 0 Å². The lowest BCUT2D eigenvalue weighted by molar-refractivity contribution is 0.468. The Bertz CT molecular complexity index is 364. The molecule has 0 aliphatic heterocycles. The molecule has 1 N–H and O–H groups in total. The van der Waals surface area contributed by atoms with Crippen LogP contribution < -0.4 is 4.74 Å². The van der Waals surface area contributed by atoms with Gasteiger partial charge in [0.15, 0.2) is 5.06 Å². The van der Waals surface area contributed by atoms with Gasteiger partial charge >= 0.3 is 0 Å². The Labute approximate surface area is 80.0 Å². The van der Waals surface area contributed by atoms with Gasteiger partial charge in [0, 0.05) is 0 Å². The lowest BCUT2D eigenvalue weighted by Crippen LogP contribution is -1.78. The van der Waals surface area contributed by atoms with Gasteiger partial charge < -0.3 is 9.84 Å². The molecule has 66 valence electrons. The number of rotatable bonds is 2. The molecule has 0 aliphatic carbocycles. The van der Waals surface area contributed by atoms with E-state index >= 15 is 0 Å². The van der Waals surface area contributed by atoms with Crippen LogP contribution in [0.5, 0.6) is 16.6 Å². The van der Waals surface area contributed by atoms with Crippen LogP contribution in [0.3, 0.4) is 0 Å². The molecule has 0 saturated carbocycles. The highest BCUT2D eigenvalue weighted by Crippen LogP contribution is 2.26. The second-order valence-electron chi connectivity index (χ2n) is 2.53. The monoisotopic (exact) mass is 192 g/mol. The van der Waals surface area contributed by atoms with Crippen molar-refractivity contribution in [2.75, 3.05) is 0 Å². The van der Waals surface area contributed by atoms with E-state index in [9.17, 15) is 0 Å². The lowest BCUT2D eigenvalue weighted by atomic mass is 10.3. The molecule has 0 spiro atoms. The molecule has 1 aromatic heterocycles. The van der Waals surface area contributed by atoms with E-state index in [1.165, 1.54) is 11.3 Å². The summed E-state index contributed by atoms with van der Waals surface area (Å²) >= 11 is 1.54. The van der Waals surface area contributed by atoms with Crippen molar-refractivity contribution >= 4 is 11.3 Å². The Morgan fingerprint density at radius 1 is 1.08 bits per heavy atom. The third-order valence-electron chi connectivity index (χ3n) is 1.55. The zero-order valence-electron chi connectivity index (χ0n) is 6.81. The van der Waals surface area contributed by atoms with E-state index in [4.69, 9.17) is 9.84 Å². The zero-order chi connectivity index (χ0) is 9.10. The number of ether oxygens (including phenoxy) is 1. The van der Waals surface area contributed by atoms with Gasteiger partial charge in [-0.05, 0) is 41.8 Å². The largest absolute Gasteiger partial charge is 0.508 e. The number of benzene rings is 1. The van der Waals surface area contributed by atoms with Crippen LogP contribution in [-0.4, -0.2) is 5.11 Å². The maximum Gasteiger partial charge on any atom is 0.180 e. The van der Waals surface area contributed by atoms with Crippen LogP contribution >= 0.6 is 11.3 Å². The number of thiophene rings is 1. The first kappa shape index (κ1) is 8.13. The minimum Gasteiger partial charge on any atom is -0.508 e. The molecule has 0 unspecified atom stereocenters. The van der Waals surface area contributed by atoms with Gasteiger partial charge in [-0.1, -0.05) is 0 Å². The van der Waals surface area contributed by atoms with E-state index < -0.39 is 0 Å². The number of aromatic hydroxyl groups is 1. The maximum atomic E-state index is 9.03. The van der Waals surface area contributed by atoms with E-state index in [1.54, 1.807) is 24.3 Å². The molecule has 0 aliphatic rings. The van der Waals surface area contributed by atoms with Crippen molar-refractivity contribution < 1.29 is 9.84 Å². The Kier molecular flexibility index (Phi) is 2.19. The molecule has 0 bridgehead atoms. The molecule has 3 heteroatoms. The summed E-state index contributed by atoms with van der Waals surface area (Å²) in [4.78, 5) is 0. The van der Waals surface area contributed by atoms with Gasteiger partial charge in [-0.2, -0.15) is 0 Å². The van der Waals surface area contributed by atoms with Crippen LogP contribution in [0.2, 0.25) is 0 Å². The molecule has 1 heterocycles. The number of phenolic OH excluding ortho intramolecular Hbond substituents is 1. The summed E-state index contributed by atoms with van der Waals surface area (Å²) in [6.07, 6.45) is 0. The standard InChI is InChI=1S/C10H8O2S/c11-8-3-5-9(6-4-8)12-10-2-1-7-13-10/h1-7,11H. The second-order valence-corrected chi connectivity index (χ2v) is 3.44. The summed E-state index contributed by atoms with van der Waals surface area (Å²) in [6.45, 7) is 0. The van der Waals surface area contributed by atoms with Crippen molar-refractivity contribution in [2.45, 2.75) is 0 Å². The highest BCUT2D eigenvalue weighted by molar-refractivity contribution is 7.11. The Morgan fingerprint density at radius 2 is 1.85 bits per heavy atom. The van der Waals surface area contributed by atoms with Crippen molar-refractivity contribution in [3.63, 3.8) is 0 Å². The SMILES string of the molecule is Oc1ccc(Oc2cccs2)cc1. The molecule has 0 radical (unpaired) electrons. The third-order valence-corrected chi connectivity index (χ3v) is 2.30. The van der Waals surface area contributed by atoms with Crippen LogP contribution in [0.1, 0.15) is 0 Å². The molecule has 13 heavy (non-hydrogen) atoms. The normalized spacial score (nSPS) is 9.85. The van der Waals surface area contributed by atoms with Gasteiger partial charge in [-0.25, -0.2) is 0 Å². The summed E-state index contributed by atoms with van der Waals surface area (Å²) in [5, 5.41) is 11.8. The number of hydrogen-bond donors (Lipinski definition) is 1. The summed E-state index contributed by atoms with van der Waals surface area (Å²) in [5.41, 5.74) is 0. The van der Waals surface area contributed by atoms with Gasteiger partial charge in [-0.15, -0.1) is 11.3 Å². The summed E-state index contributed by atoms with van der Waals surface area (Å²) in [7, 11) is 0. The maximum absolute atomic E-state index is 9.03. The van der Waals surface area contributed by atoms with E-state index in [2.05, 4.69) is 0 Å². The fraction of sp³-hybridized carbons (Fsp3) is 0. The molecule has 2 aromatic rings. The van der Waals surface area contributed by atoms with Crippen LogP contribution in [0, 0.1) is 0 Å². The third kappa shape index (κ3) is 2.00. The topological polar surface area (TPSA) is 29.5 Å². The van der Waals surface area contributed by atoms with E-state index in [0.29, 0.717) is 0 Å². The fourth-order valence-electron chi connectivity index (χ4n) is 0.952. The molecule has 0 fully saturated rings. The molecule has 0 amide bonds. The molecule has 1 aromatic carbocycles. The van der Waals surface area contributed by atoms with E-state index in [1.807, 2.05) is 17.5 Å². The molecule has 0 saturated heterocycles. The summed E-state index contributed by atoms with van der Waals surface area (Å²) < 4.78 is 5.48. The van der Waals surface area contributed by atoms with E-state index in [0.717, 1.165) is 10.8 Å². The second kappa shape index (κ2) is 3.49. The van der Waals surface area contributed by atoms with Gasteiger partial charge in [0.05, 0.1) is 0 Å². The van der Waals surface area contributed by atoms with E-state index in [-0.39, 0.29) is 5.75 Å². The van der Waals surface area contributed by atoms with Crippen molar-refractivity contribution in [3.05, 3.63) is 41.8 Å². The number of hydrogen-bond acceptors (Lipinski definition) is 3.